The second kappa shape index (κ2) is 5.27. The molecule has 4 nitrogen and oxygen atoms in total. The Kier molecular flexibility index (Phi) is 3.48. The fourth-order valence-electron chi connectivity index (χ4n) is 2.09. The lowest BCUT2D eigenvalue weighted by atomic mass is 10.2. The van der Waals surface area contributed by atoms with E-state index in [1.54, 1.807) is 4.57 Å². The van der Waals surface area contributed by atoms with E-state index in [1.165, 1.54) is 12.8 Å². The second-order valence-electron chi connectivity index (χ2n) is 4.95. The number of hydrogen-bond acceptors (Lipinski definition) is 3. The van der Waals surface area contributed by atoms with E-state index in [-0.39, 0.29) is 5.56 Å². The van der Waals surface area contributed by atoms with E-state index < -0.39 is 0 Å². The molecule has 0 bridgehead atoms. The van der Waals surface area contributed by atoms with Gasteiger partial charge in [-0.2, -0.15) is 0 Å². The summed E-state index contributed by atoms with van der Waals surface area (Å²) in [5.74, 6) is 0.739. The third-order valence-corrected chi connectivity index (χ3v) is 3.72. The highest BCUT2D eigenvalue weighted by molar-refractivity contribution is 7.71. The quantitative estimate of drug-likeness (QED) is 0.674. The Morgan fingerprint density at radius 1 is 1.37 bits per heavy atom. The number of fused-ring (bicyclic) bond motifs is 1. The van der Waals surface area contributed by atoms with Crippen molar-refractivity contribution < 1.29 is 4.74 Å². The van der Waals surface area contributed by atoms with E-state index in [0.717, 1.165) is 18.0 Å². The van der Waals surface area contributed by atoms with Gasteiger partial charge in [0.15, 0.2) is 4.77 Å². The topological polar surface area (TPSA) is 47.0 Å². The predicted octanol–water partition coefficient (Wildman–Crippen LogP) is 2.49. The number of benzene rings is 1. The van der Waals surface area contributed by atoms with Crippen molar-refractivity contribution in [2.75, 3.05) is 13.2 Å². The lowest BCUT2D eigenvalue weighted by Gasteiger charge is -2.08. The third-order valence-electron chi connectivity index (χ3n) is 3.40. The molecule has 0 amide bonds. The molecule has 2 aromatic rings. The van der Waals surface area contributed by atoms with Gasteiger partial charge in [-0.05, 0) is 43.1 Å². The minimum absolute atomic E-state index is 0.0469. The molecule has 1 aromatic carbocycles. The molecule has 1 fully saturated rings. The van der Waals surface area contributed by atoms with Crippen LogP contribution in [0.15, 0.2) is 29.1 Å². The zero-order valence-electron chi connectivity index (χ0n) is 10.6. The standard InChI is InChI=1S/C14H16N2O2S/c17-13-11-3-1-2-4-12(11)15-14(19)16(13)7-8-18-9-10-5-6-10/h1-4,10H,5-9H2,(H,15,19). The second-order valence-corrected chi connectivity index (χ2v) is 5.34. The number of aromatic nitrogens is 2. The van der Waals surface area contributed by atoms with Crippen molar-refractivity contribution in [1.82, 2.24) is 9.55 Å². The number of aromatic amines is 1. The van der Waals surface area contributed by atoms with Crippen LogP contribution in [0.25, 0.3) is 10.9 Å². The van der Waals surface area contributed by atoms with Crippen molar-refractivity contribution in [3.05, 3.63) is 39.4 Å². The molecule has 100 valence electrons. The number of nitrogens with zero attached hydrogens (tertiary/aromatic N) is 1. The zero-order valence-corrected chi connectivity index (χ0v) is 11.4. The molecule has 1 heterocycles. The van der Waals surface area contributed by atoms with E-state index in [2.05, 4.69) is 4.98 Å². The average Bonchev–Trinajstić information content (AvgIpc) is 3.22. The molecule has 0 radical (unpaired) electrons. The Balaban J connectivity index is 1.81. The van der Waals surface area contributed by atoms with Gasteiger partial charge in [0, 0.05) is 6.61 Å². The van der Waals surface area contributed by atoms with Crippen LogP contribution in [-0.4, -0.2) is 22.8 Å². The minimum atomic E-state index is -0.0469. The summed E-state index contributed by atoms with van der Waals surface area (Å²) < 4.78 is 7.59. The zero-order chi connectivity index (χ0) is 13.2. The van der Waals surface area contributed by atoms with Gasteiger partial charge in [0.05, 0.1) is 24.1 Å². The summed E-state index contributed by atoms with van der Waals surface area (Å²) in [6.07, 6.45) is 2.55. The number of ether oxygens (including phenoxy) is 1. The average molecular weight is 276 g/mol. The van der Waals surface area contributed by atoms with Gasteiger partial charge in [0.2, 0.25) is 0 Å². The molecule has 0 saturated heterocycles. The summed E-state index contributed by atoms with van der Waals surface area (Å²) in [6, 6.07) is 7.41. The molecule has 19 heavy (non-hydrogen) atoms. The van der Waals surface area contributed by atoms with Crippen LogP contribution in [0.4, 0.5) is 0 Å². The maximum absolute atomic E-state index is 12.3. The monoisotopic (exact) mass is 276 g/mol. The van der Waals surface area contributed by atoms with Crippen molar-refractivity contribution in [3.63, 3.8) is 0 Å². The van der Waals surface area contributed by atoms with Crippen molar-refractivity contribution in [3.8, 4) is 0 Å². The molecule has 1 aromatic heterocycles. The van der Waals surface area contributed by atoms with Crippen LogP contribution in [0.3, 0.4) is 0 Å². The first-order chi connectivity index (χ1) is 9.25. The van der Waals surface area contributed by atoms with E-state index in [9.17, 15) is 4.79 Å². The maximum Gasteiger partial charge on any atom is 0.262 e. The first-order valence-electron chi connectivity index (χ1n) is 6.55. The highest BCUT2D eigenvalue weighted by Gasteiger charge is 2.20. The van der Waals surface area contributed by atoms with Gasteiger partial charge in [-0.3, -0.25) is 9.36 Å². The van der Waals surface area contributed by atoms with E-state index in [4.69, 9.17) is 17.0 Å². The lowest BCUT2D eigenvalue weighted by Crippen LogP contribution is -2.24. The molecule has 3 rings (SSSR count). The van der Waals surface area contributed by atoms with Crippen LogP contribution < -0.4 is 5.56 Å². The van der Waals surface area contributed by atoms with E-state index in [0.29, 0.717) is 23.3 Å². The van der Waals surface area contributed by atoms with E-state index >= 15 is 0 Å². The molecular weight excluding hydrogens is 260 g/mol. The highest BCUT2D eigenvalue weighted by atomic mass is 32.1. The van der Waals surface area contributed by atoms with Gasteiger partial charge in [-0.15, -0.1) is 0 Å². The number of H-pyrrole nitrogens is 1. The smallest absolute Gasteiger partial charge is 0.262 e. The molecule has 0 atom stereocenters. The van der Waals surface area contributed by atoms with E-state index in [1.807, 2.05) is 24.3 Å². The summed E-state index contributed by atoms with van der Waals surface area (Å²) in [5, 5.41) is 0.665. The number of rotatable bonds is 5. The van der Waals surface area contributed by atoms with Gasteiger partial charge in [-0.1, -0.05) is 12.1 Å². The normalized spacial score (nSPS) is 14.9. The van der Waals surface area contributed by atoms with Crippen LogP contribution in [-0.2, 0) is 11.3 Å². The van der Waals surface area contributed by atoms with Gasteiger partial charge in [0.25, 0.3) is 5.56 Å². The Hall–Kier alpha value is -1.46. The third kappa shape index (κ3) is 2.77. The molecule has 5 heteroatoms. The number of hydrogen-bond donors (Lipinski definition) is 1. The van der Waals surface area contributed by atoms with Crippen molar-refractivity contribution >= 4 is 23.1 Å². The number of nitrogens with one attached hydrogen (secondary N) is 1. The molecule has 0 unspecified atom stereocenters. The van der Waals surface area contributed by atoms with Crippen LogP contribution in [0.1, 0.15) is 12.8 Å². The lowest BCUT2D eigenvalue weighted by molar-refractivity contribution is 0.116. The molecular formula is C14H16N2O2S. The van der Waals surface area contributed by atoms with Crippen LogP contribution in [0.5, 0.6) is 0 Å². The Morgan fingerprint density at radius 2 is 2.16 bits per heavy atom. The Labute approximate surface area is 116 Å². The summed E-state index contributed by atoms with van der Waals surface area (Å²) in [5.41, 5.74) is 0.738. The maximum atomic E-state index is 12.3. The molecule has 1 saturated carbocycles. The van der Waals surface area contributed by atoms with Crippen LogP contribution in [0.2, 0.25) is 0 Å². The minimum Gasteiger partial charge on any atom is -0.379 e. The van der Waals surface area contributed by atoms with Gasteiger partial charge >= 0.3 is 0 Å². The Morgan fingerprint density at radius 3 is 2.95 bits per heavy atom. The summed E-state index contributed by atoms with van der Waals surface area (Å²) in [6.45, 7) is 1.84. The SMILES string of the molecule is O=c1c2ccccc2[nH]c(=S)n1CCOCC1CC1. The number of para-hydroxylation sites is 1. The van der Waals surface area contributed by atoms with Gasteiger partial charge in [-0.25, -0.2) is 0 Å². The molecule has 0 spiro atoms. The van der Waals surface area contributed by atoms with Crippen molar-refractivity contribution in [2.45, 2.75) is 19.4 Å². The first-order valence-corrected chi connectivity index (χ1v) is 6.96. The first kappa shape index (κ1) is 12.6. The van der Waals surface area contributed by atoms with Crippen molar-refractivity contribution in [2.24, 2.45) is 5.92 Å². The van der Waals surface area contributed by atoms with Gasteiger partial charge < -0.3 is 9.72 Å². The van der Waals surface area contributed by atoms with Crippen molar-refractivity contribution in [1.29, 1.82) is 0 Å². The summed E-state index contributed by atoms with van der Waals surface area (Å²) in [7, 11) is 0. The summed E-state index contributed by atoms with van der Waals surface area (Å²) in [4.78, 5) is 15.4. The highest BCUT2D eigenvalue weighted by Crippen LogP contribution is 2.28. The largest absolute Gasteiger partial charge is 0.379 e. The van der Waals surface area contributed by atoms with Crippen LogP contribution >= 0.6 is 12.2 Å². The molecule has 0 aliphatic heterocycles. The fourth-order valence-corrected chi connectivity index (χ4v) is 2.38. The predicted molar refractivity (Wildman–Crippen MR) is 76.9 cm³/mol. The molecule has 1 N–H and O–H groups in total. The Bertz CT molecular complexity index is 700. The molecule has 1 aliphatic carbocycles. The molecule has 1 aliphatic rings. The van der Waals surface area contributed by atoms with Gasteiger partial charge in [0.1, 0.15) is 0 Å². The summed E-state index contributed by atoms with van der Waals surface area (Å²) >= 11 is 5.23. The van der Waals surface area contributed by atoms with Crippen LogP contribution in [0, 0.1) is 10.7 Å². The fraction of sp³-hybridized carbons (Fsp3) is 0.429.